The molecule has 1 aliphatic heterocycles. The molecule has 2 rings (SSSR count). The number of rotatable bonds is 7. The van der Waals surface area contributed by atoms with Gasteiger partial charge < -0.3 is 10.6 Å². The molecule has 1 unspecified atom stereocenters. The Morgan fingerprint density at radius 1 is 1.50 bits per heavy atom. The van der Waals surface area contributed by atoms with Gasteiger partial charge in [0, 0.05) is 19.2 Å². The first-order valence-corrected chi connectivity index (χ1v) is 8.07. The molecule has 0 aromatic carbocycles. The van der Waals surface area contributed by atoms with Crippen LogP contribution in [0.2, 0.25) is 0 Å². The summed E-state index contributed by atoms with van der Waals surface area (Å²) in [5, 5.41) is 17.3. The Hall–Kier alpha value is -1.50. The molecule has 1 atom stereocenters. The largest absolute Gasteiger partial charge is 0.370 e. The predicted molar refractivity (Wildman–Crippen MR) is 83.6 cm³/mol. The zero-order valence-electron chi connectivity index (χ0n) is 11.6. The van der Waals surface area contributed by atoms with E-state index in [1.54, 1.807) is 6.07 Å². The minimum atomic E-state index is -0.387. The van der Waals surface area contributed by atoms with Gasteiger partial charge in [0.15, 0.2) is 0 Å². The third kappa shape index (κ3) is 4.00. The van der Waals surface area contributed by atoms with Crippen LogP contribution in [-0.2, 0) is 0 Å². The number of nitrogens with zero attached hydrogens (tertiary/aromatic N) is 2. The molecular formula is C13H20N4O2S. The third-order valence-corrected chi connectivity index (χ3v) is 4.44. The van der Waals surface area contributed by atoms with Crippen LogP contribution in [0.25, 0.3) is 0 Å². The quantitative estimate of drug-likeness (QED) is 0.595. The van der Waals surface area contributed by atoms with E-state index in [9.17, 15) is 10.1 Å². The summed E-state index contributed by atoms with van der Waals surface area (Å²) in [4.78, 5) is 15.0. The van der Waals surface area contributed by atoms with Gasteiger partial charge in [0.1, 0.15) is 5.82 Å². The molecule has 2 N–H and O–H groups in total. The van der Waals surface area contributed by atoms with Gasteiger partial charge in [0.05, 0.1) is 4.92 Å². The fourth-order valence-corrected chi connectivity index (χ4v) is 3.35. The van der Waals surface area contributed by atoms with E-state index >= 15 is 0 Å². The molecule has 0 spiro atoms. The fourth-order valence-electron chi connectivity index (χ4n) is 2.07. The van der Waals surface area contributed by atoms with Crippen molar-refractivity contribution < 1.29 is 4.92 Å². The second-order valence-electron chi connectivity index (χ2n) is 4.86. The number of hydrogen-bond acceptors (Lipinski definition) is 6. The monoisotopic (exact) mass is 296 g/mol. The van der Waals surface area contributed by atoms with E-state index in [0.29, 0.717) is 17.6 Å². The first kappa shape index (κ1) is 14.9. The molecule has 0 bridgehead atoms. The number of nitrogens with one attached hydrogen (secondary N) is 2. The Labute approximate surface area is 122 Å². The number of thioether (sulfide) groups is 1. The first-order valence-electron chi connectivity index (χ1n) is 6.91. The van der Waals surface area contributed by atoms with E-state index in [1.165, 1.54) is 18.2 Å². The van der Waals surface area contributed by atoms with Gasteiger partial charge in [-0.2, -0.15) is 11.8 Å². The molecule has 1 aromatic heterocycles. The van der Waals surface area contributed by atoms with Gasteiger partial charge >= 0.3 is 5.69 Å². The van der Waals surface area contributed by atoms with E-state index in [-0.39, 0.29) is 10.6 Å². The lowest BCUT2D eigenvalue weighted by molar-refractivity contribution is -0.384. The smallest absolute Gasteiger partial charge is 0.311 e. The molecule has 0 aliphatic carbocycles. The Morgan fingerprint density at radius 2 is 2.35 bits per heavy atom. The molecular weight excluding hydrogens is 276 g/mol. The summed E-state index contributed by atoms with van der Waals surface area (Å²) in [5.41, 5.74) is 0.0395. The molecule has 20 heavy (non-hydrogen) atoms. The van der Waals surface area contributed by atoms with Gasteiger partial charge in [0.2, 0.25) is 5.82 Å². The SMILES string of the molecule is CCCNc1ccc([N+](=O)[O-])c(NCC2CCSC2)n1. The second kappa shape index (κ2) is 7.33. The predicted octanol–water partition coefficient (Wildman–Crippen LogP) is 2.98. The molecule has 7 heteroatoms. The lowest BCUT2D eigenvalue weighted by Crippen LogP contribution is -2.16. The van der Waals surface area contributed by atoms with Crippen LogP contribution in [0.15, 0.2) is 12.1 Å². The number of aromatic nitrogens is 1. The summed E-state index contributed by atoms with van der Waals surface area (Å²) < 4.78 is 0. The molecule has 1 aromatic rings. The van der Waals surface area contributed by atoms with E-state index in [1.807, 2.05) is 11.8 Å². The van der Waals surface area contributed by atoms with Crippen LogP contribution < -0.4 is 10.6 Å². The van der Waals surface area contributed by atoms with Crippen LogP contribution in [0.4, 0.5) is 17.3 Å². The maximum Gasteiger partial charge on any atom is 0.311 e. The van der Waals surface area contributed by atoms with E-state index in [4.69, 9.17) is 0 Å². The van der Waals surface area contributed by atoms with Gasteiger partial charge in [-0.25, -0.2) is 4.98 Å². The molecule has 6 nitrogen and oxygen atoms in total. The van der Waals surface area contributed by atoms with Crippen molar-refractivity contribution in [2.45, 2.75) is 19.8 Å². The standard InChI is InChI=1S/C13H20N4O2S/c1-2-6-14-12-4-3-11(17(18)19)13(16-12)15-8-10-5-7-20-9-10/h3-4,10H,2,5-9H2,1H3,(H2,14,15,16). The van der Waals surface area contributed by atoms with Crippen molar-refractivity contribution in [1.82, 2.24) is 4.98 Å². The van der Waals surface area contributed by atoms with Crippen molar-refractivity contribution in [3.8, 4) is 0 Å². The minimum Gasteiger partial charge on any atom is -0.370 e. The van der Waals surface area contributed by atoms with Crippen LogP contribution in [0.1, 0.15) is 19.8 Å². The molecule has 1 saturated heterocycles. The average Bonchev–Trinajstić information content (AvgIpc) is 2.96. The highest BCUT2D eigenvalue weighted by Crippen LogP contribution is 2.27. The number of pyridine rings is 1. The molecule has 1 aliphatic rings. The Morgan fingerprint density at radius 3 is 3.00 bits per heavy atom. The molecule has 1 fully saturated rings. The highest BCUT2D eigenvalue weighted by Gasteiger charge is 2.19. The number of hydrogen-bond donors (Lipinski definition) is 2. The van der Waals surface area contributed by atoms with Crippen molar-refractivity contribution in [2.24, 2.45) is 5.92 Å². The second-order valence-corrected chi connectivity index (χ2v) is 6.01. The maximum atomic E-state index is 11.0. The van der Waals surface area contributed by atoms with Gasteiger partial charge in [-0.15, -0.1) is 0 Å². The van der Waals surface area contributed by atoms with Crippen LogP contribution in [0.3, 0.4) is 0 Å². The van der Waals surface area contributed by atoms with E-state index in [0.717, 1.165) is 25.3 Å². The van der Waals surface area contributed by atoms with Crippen LogP contribution >= 0.6 is 11.8 Å². The lowest BCUT2D eigenvalue weighted by Gasteiger charge is -2.12. The summed E-state index contributed by atoms with van der Waals surface area (Å²) in [7, 11) is 0. The number of nitro groups is 1. The van der Waals surface area contributed by atoms with Gasteiger partial charge in [-0.1, -0.05) is 6.92 Å². The van der Waals surface area contributed by atoms with Crippen molar-refractivity contribution in [2.75, 3.05) is 35.2 Å². The molecule has 0 radical (unpaired) electrons. The Balaban J connectivity index is 2.06. The van der Waals surface area contributed by atoms with Crippen LogP contribution in [0, 0.1) is 16.0 Å². The summed E-state index contributed by atoms with van der Waals surface area (Å²) in [6.07, 6.45) is 2.15. The Bertz CT molecular complexity index is 464. The fraction of sp³-hybridized carbons (Fsp3) is 0.615. The van der Waals surface area contributed by atoms with Crippen LogP contribution in [0.5, 0.6) is 0 Å². The van der Waals surface area contributed by atoms with Crippen molar-refractivity contribution in [3.63, 3.8) is 0 Å². The summed E-state index contributed by atoms with van der Waals surface area (Å²) in [5.74, 6) is 3.93. The van der Waals surface area contributed by atoms with E-state index < -0.39 is 0 Å². The minimum absolute atomic E-state index is 0.0395. The van der Waals surface area contributed by atoms with Gasteiger partial charge in [-0.05, 0) is 36.3 Å². The molecule has 0 saturated carbocycles. The third-order valence-electron chi connectivity index (χ3n) is 3.21. The topological polar surface area (TPSA) is 80.1 Å². The molecule has 2 heterocycles. The summed E-state index contributed by atoms with van der Waals surface area (Å²) in [6.45, 7) is 3.62. The average molecular weight is 296 g/mol. The summed E-state index contributed by atoms with van der Waals surface area (Å²) >= 11 is 1.94. The van der Waals surface area contributed by atoms with Gasteiger partial charge in [-0.3, -0.25) is 10.1 Å². The zero-order chi connectivity index (χ0) is 14.4. The lowest BCUT2D eigenvalue weighted by atomic mass is 10.1. The van der Waals surface area contributed by atoms with Crippen LogP contribution in [-0.4, -0.2) is 34.5 Å². The Kier molecular flexibility index (Phi) is 5.46. The first-order chi connectivity index (χ1) is 9.70. The van der Waals surface area contributed by atoms with Crippen molar-refractivity contribution >= 4 is 29.1 Å². The van der Waals surface area contributed by atoms with Gasteiger partial charge in [0.25, 0.3) is 0 Å². The highest BCUT2D eigenvalue weighted by molar-refractivity contribution is 7.99. The van der Waals surface area contributed by atoms with Crippen molar-refractivity contribution in [3.05, 3.63) is 22.2 Å². The van der Waals surface area contributed by atoms with E-state index in [2.05, 4.69) is 22.5 Å². The molecule has 110 valence electrons. The zero-order valence-corrected chi connectivity index (χ0v) is 12.4. The summed E-state index contributed by atoms with van der Waals surface area (Å²) in [6, 6.07) is 3.17. The maximum absolute atomic E-state index is 11.0. The highest BCUT2D eigenvalue weighted by atomic mass is 32.2. The normalized spacial score (nSPS) is 17.9. The number of anilines is 2. The molecule has 0 amide bonds. The van der Waals surface area contributed by atoms with Crippen molar-refractivity contribution in [1.29, 1.82) is 0 Å².